The Hall–Kier alpha value is -3.18. The van der Waals surface area contributed by atoms with Crippen LogP contribution < -0.4 is 4.74 Å². The van der Waals surface area contributed by atoms with Gasteiger partial charge < -0.3 is 9.64 Å². The van der Waals surface area contributed by atoms with Crippen molar-refractivity contribution < 1.29 is 9.53 Å². The fourth-order valence-electron chi connectivity index (χ4n) is 3.97. The average Bonchev–Trinajstić information content (AvgIpc) is 2.80. The van der Waals surface area contributed by atoms with Crippen molar-refractivity contribution >= 4 is 5.91 Å². The van der Waals surface area contributed by atoms with Gasteiger partial charge in [0, 0.05) is 39.1 Å². The van der Waals surface area contributed by atoms with Crippen molar-refractivity contribution in [3.8, 4) is 16.9 Å². The van der Waals surface area contributed by atoms with E-state index < -0.39 is 0 Å². The second kappa shape index (κ2) is 9.09. The van der Waals surface area contributed by atoms with E-state index in [0.717, 1.165) is 42.1 Å². The first-order valence-corrected chi connectivity index (χ1v) is 10.3. The molecule has 0 radical (unpaired) electrons. The molecule has 1 unspecified atom stereocenters. The molecule has 3 aromatic rings. The lowest BCUT2D eigenvalue weighted by molar-refractivity contribution is -0.140. The van der Waals surface area contributed by atoms with E-state index in [4.69, 9.17) is 4.74 Å². The Balaban J connectivity index is 1.55. The number of aromatic nitrogens is 1. The highest BCUT2D eigenvalue weighted by molar-refractivity contribution is 5.83. The summed E-state index contributed by atoms with van der Waals surface area (Å²) in [7, 11) is 3.57. The molecule has 0 aliphatic carbocycles. The number of benzene rings is 2. The summed E-state index contributed by atoms with van der Waals surface area (Å²) in [5.74, 6) is 1.03. The van der Waals surface area contributed by atoms with Gasteiger partial charge in [0.1, 0.15) is 5.75 Å². The fraction of sp³-hybridized carbons (Fsp3) is 0.280. The second-order valence-corrected chi connectivity index (χ2v) is 7.73. The van der Waals surface area contributed by atoms with E-state index in [-0.39, 0.29) is 11.9 Å². The Morgan fingerprint density at radius 3 is 2.47 bits per heavy atom. The van der Waals surface area contributed by atoms with Crippen LogP contribution in [0.5, 0.6) is 5.75 Å². The van der Waals surface area contributed by atoms with Crippen molar-refractivity contribution in [2.45, 2.75) is 19.0 Å². The lowest BCUT2D eigenvalue weighted by atomic mass is 9.97. The number of piperazine rings is 1. The number of nitrogens with zero attached hydrogens (tertiary/aromatic N) is 3. The van der Waals surface area contributed by atoms with Gasteiger partial charge in [-0.05, 0) is 52.9 Å². The standard InChI is InChI=1S/C25H27N3O2/c1-27-14-15-28(18-19-6-8-23(30-2)9-7-19)24(25(27)29)17-20-4-3-5-22(16-20)21-10-12-26-13-11-21/h3-13,16,24H,14-15,17-18H2,1-2H3. The van der Waals surface area contributed by atoms with Gasteiger partial charge in [-0.2, -0.15) is 0 Å². The van der Waals surface area contributed by atoms with E-state index in [1.165, 1.54) is 5.56 Å². The van der Waals surface area contributed by atoms with Crippen LogP contribution in [0.4, 0.5) is 0 Å². The van der Waals surface area contributed by atoms with Gasteiger partial charge in [0.05, 0.1) is 13.2 Å². The van der Waals surface area contributed by atoms with Crippen molar-refractivity contribution in [2.75, 3.05) is 27.2 Å². The third kappa shape index (κ3) is 4.52. The Morgan fingerprint density at radius 1 is 0.967 bits per heavy atom. The van der Waals surface area contributed by atoms with Crippen molar-refractivity contribution in [1.29, 1.82) is 0 Å². The van der Waals surface area contributed by atoms with Crippen LogP contribution in [0.2, 0.25) is 0 Å². The maximum atomic E-state index is 13.0. The third-order valence-corrected chi connectivity index (χ3v) is 5.74. The zero-order chi connectivity index (χ0) is 20.9. The summed E-state index contributed by atoms with van der Waals surface area (Å²) in [5.41, 5.74) is 4.63. The fourth-order valence-corrected chi connectivity index (χ4v) is 3.97. The summed E-state index contributed by atoms with van der Waals surface area (Å²) >= 11 is 0. The molecule has 1 fully saturated rings. The number of rotatable bonds is 6. The molecule has 1 aliphatic heterocycles. The highest BCUT2D eigenvalue weighted by atomic mass is 16.5. The van der Waals surface area contributed by atoms with Gasteiger partial charge in [0.25, 0.3) is 0 Å². The minimum atomic E-state index is -0.168. The molecule has 1 atom stereocenters. The number of ether oxygens (including phenoxy) is 1. The SMILES string of the molecule is COc1ccc(CN2CCN(C)C(=O)C2Cc2cccc(-c3ccncc3)c2)cc1. The molecule has 0 bridgehead atoms. The molecule has 0 saturated carbocycles. The largest absolute Gasteiger partial charge is 0.497 e. The minimum Gasteiger partial charge on any atom is -0.497 e. The zero-order valence-electron chi connectivity index (χ0n) is 17.5. The van der Waals surface area contributed by atoms with Gasteiger partial charge in [-0.25, -0.2) is 0 Å². The van der Waals surface area contributed by atoms with Crippen molar-refractivity contribution in [2.24, 2.45) is 0 Å². The summed E-state index contributed by atoms with van der Waals surface area (Å²) in [4.78, 5) is 21.3. The quantitative estimate of drug-likeness (QED) is 0.633. The first-order chi connectivity index (χ1) is 14.6. The van der Waals surface area contributed by atoms with E-state index in [2.05, 4.69) is 46.3 Å². The molecule has 0 spiro atoms. The van der Waals surface area contributed by atoms with Crippen molar-refractivity contribution in [3.05, 3.63) is 84.2 Å². The highest BCUT2D eigenvalue weighted by Gasteiger charge is 2.33. The number of methoxy groups -OCH3 is 1. The molecule has 1 amide bonds. The topological polar surface area (TPSA) is 45.7 Å². The molecule has 5 nitrogen and oxygen atoms in total. The molecule has 1 aliphatic rings. The average molecular weight is 402 g/mol. The Kier molecular flexibility index (Phi) is 6.10. The van der Waals surface area contributed by atoms with Crippen LogP contribution in [0, 0.1) is 0 Å². The van der Waals surface area contributed by atoms with Crippen LogP contribution >= 0.6 is 0 Å². The summed E-state index contributed by atoms with van der Waals surface area (Å²) in [6.07, 6.45) is 4.30. The molecule has 1 aromatic heterocycles. The highest BCUT2D eigenvalue weighted by Crippen LogP contribution is 2.23. The molecule has 2 aromatic carbocycles. The van der Waals surface area contributed by atoms with Gasteiger partial charge in [-0.1, -0.05) is 36.4 Å². The predicted octanol–water partition coefficient (Wildman–Crippen LogP) is 3.64. The maximum absolute atomic E-state index is 13.0. The normalized spacial score (nSPS) is 17.2. The van der Waals surface area contributed by atoms with E-state index in [1.807, 2.05) is 36.2 Å². The van der Waals surface area contributed by atoms with Crippen LogP contribution in [0.15, 0.2) is 73.1 Å². The van der Waals surface area contributed by atoms with Crippen LogP contribution in [0.25, 0.3) is 11.1 Å². The Labute approximate surface area is 177 Å². The van der Waals surface area contributed by atoms with Crippen LogP contribution in [0.3, 0.4) is 0 Å². The molecular weight excluding hydrogens is 374 g/mol. The number of carbonyl (C=O) groups is 1. The monoisotopic (exact) mass is 401 g/mol. The first-order valence-electron chi connectivity index (χ1n) is 10.3. The summed E-state index contributed by atoms with van der Waals surface area (Å²) in [6, 6.07) is 20.4. The summed E-state index contributed by atoms with van der Waals surface area (Å²) in [6.45, 7) is 2.36. The summed E-state index contributed by atoms with van der Waals surface area (Å²) in [5, 5.41) is 0. The molecule has 154 valence electrons. The van der Waals surface area contributed by atoms with Gasteiger partial charge in [-0.15, -0.1) is 0 Å². The number of likely N-dealkylation sites (N-methyl/N-ethyl adjacent to an activating group) is 1. The number of amides is 1. The minimum absolute atomic E-state index is 0.168. The van der Waals surface area contributed by atoms with E-state index in [1.54, 1.807) is 19.5 Å². The Morgan fingerprint density at radius 2 is 1.73 bits per heavy atom. The molecule has 1 saturated heterocycles. The lowest BCUT2D eigenvalue weighted by Gasteiger charge is -2.39. The lowest BCUT2D eigenvalue weighted by Crippen LogP contribution is -2.56. The van der Waals surface area contributed by atoms with Gasteiger partial charge >= 0.3 is 0 Å². The van der Waals surface area contributed by atoms with Gasteiger partial charge in [0.15, 0.2) is 0 Å². The predicted molar refractivity (Wildman–Crippen MR) is 118 cm³/mol. The van der Waals surface area contributed by atoms with Crippen LogP contribution in [-0.4, -0.2) is 54.0 Å². The molecule has 4 rings (SSSR count). The molecular formula is C25H27N3O2. The number of hydrogen-bond acceptors (Lipinski definition) is 4. The first kappa shape index (κ1) is 20.1. The van der Waals surface area contributed by atoms with E-state index in [0.29, 0.717) is 6.42 Å². The van der Waals surface area contributed by atoms with E-state index >= 15 is 0 Å². The van der Waals surface area contributed by atoms with Crippen molar-refractivity contribution in [1.82, 2.24) is 14.8 Å². The zero-order valence-corrected chi connectivity index (χ0v) is 17.5. The molecule has 2 heterocycles. The Bertz CT molecular complexity index is 989. The molecule has 30 heavy (non-hydrogen) atoms. The van der Waals surface area contributed by atoms with Crippen molar-refractivity contribution in [3.63, 3.8) is 0 Å². The number of pyridine rings is 1. The van der Waals surface area contributed by atoms with E-state index in [9.17, 15) is 4.79 Å². The number of hydrogen-bond donors (Lipinski definition) is 0. The number of carbonyl (C=O) groups excluding carboxylic acids is 1. The second-order valence-electron chi connectivity index (χ2n) is 7.73. The smallest absolute Gasteiger partial charge is 0.240 e. The third-order valence-electron chi connectivity index (χ3n) is 5.74. The molecule has 5 heteroatoms. The molecule has 0 N–H and O–H groups in total. The van der Waals surface area contributed by atoms with Crippen LogP contribution in [-0.2, 0) is 17.8 Å². The van der Waals surface area contributed by atoms with Gasteiger partial charge in [0.2, 0.25) is 5.91 Å². The van der Waals surface area contributed by atoms with Crippen LogP contribution in [0.1, 0.15) is 11.1 Å². The van der Waals surface area contributed by atoms with Gasteiger partial charge in [-0.3, -0.25) is 14.7 Å². The summed E-state index contributed by atoms with van der Waals surface area (Å²) < 4.78 is 5.26. The maximum Gasteiger partial charge on any atom is 0.240 e.